The molecule has 0 atom stereocenters. The second-order valence-electron chi connectivity index (χ2n) is 6.11. The van der Waals surface area contributed by atoms with Gasteiger partial charge in [-0.15, -0.1) is 0 Å². The van der Waals surface area contributed by atoms with Crippen LogP contribution in [0.2, 0.25) is 5.02 Å². The lowest BCUT2D eigenvalue weighted by Crippen LogP contribution is -2.39. The Kier molecular flexibility index (Phi) is 5.76. The molecule has 0 saturated heterocycles. The zero-order valence-electron chi connectivity index (χ0n) is 15.2. The lowest BCUT2D eigenvalue weighted by Gasteiger charge is -2.23. The van der Waals surface area contributed by atoms with Gasteiger partial charge in [0.05, 0.1) is 18.2 Å². The van der Waals surface area contributed by atoms with E-state index in [1.54, 1.807) is 37.3 Å². The molecule has 0 unspecified atom stereocenters. The van der Waals surface area contributed by atoms with Crippen molar-refractivity contribution in [3.8, 4) is 11.5 Å². The quantitative estimate of drug-likeness (QED) is 0.568. The SMILES string of the molecule is Cc1ccc(Cl)cc1N(CC(=O)N/N=C\c1ccc2c(c1)OCO2)S(C)(=O)=O. The number of anilines is 1. The van der Waals surface area contributed by atoms with Gasteiger partial charge in [-0.25, -0.2) is 13.8 Å². The van der Waals surface area contributed by atoms with Crippen LogP contribution in [-0.4, -0.2) is 40.1 Å². The van der Waals surface area contributed by atoms with E-state index in [2.05, 4.69) is 10.5 Å². The van der Waals surface area contributed by atoms with Gasteiger partial charge in [0.2, 0.25) is 16.8 Å². The maximum absolute atomic E-state index is 12.2. The van der Waals surface area contributed by atoms with Gasteiger partial charge in [-0.05, 0) is 48.4 Å². The molecule has 28 heavy (non-hydrogen) atoms. The maximum atomic E-state index is 12.2. The fraction of sp³-hybridized carbons (Fsp3) is 0.222. The van der Waals surface area contributed by atoms with Gasteiger partial charge in [-0.1, -0.05) is 17.7 Å². The lowest BCUT2D eigenvalue weighted by molar-refractivity contribution is -0.119. The summed E-state index contributed by atoms with van der Waals surface area (Å²) >= 11 is 5.97. The van der Waals surface area contributed by atoms with Gasteiger partial charge in [-0.2, -0.15) is 5.10 Å². The van der Waals surface area contributed by atoms with Crippen LogP contribution in [0.1, 0.15) is 11.1 Å². The van der Waals surface area contributed by atoms with Crippen LogP contribution < -0.4 is 19.2 Å². The Morgan fingerprint density at radius 2 is 2.00 bits per heavy atom. The highest BCUT2D eigenvalue weighted by Crippen LogP contribution is 2.32. The molecule has 3 rings (SSSR count). The molecule has 0 bridgehead atoms. The molecule has 1 amide bonds. The second-order valence-corrected chi connectivity index (χ2v) is 8.45. The minimum Gasteiger partial charge on any atom is -0.454 e. The van der Waals surface area contributed by atoms with Gasteiger partial charge < -0.3 is 9.47 Å². The third kappa shape index (κ3) is 4.73. The van der Waals surface area contributed by atoms with Gasteiger partial charge in [0.25, 0.3) is 5.91 Å². The van der Waals surface area contributed by atoms with Crippen molar-refractivity contribution >= 4 is 39.4 Å². The zero-order valence-corrected chi connectivity index (χ0v) is 16.7. The van der Waals surface area contributed by atoms with Crippen LogP contribution in [0.4, 0.5) is 5.69 Å². The number of amides is 1. The molecule has 0 aromatic heterocycles. The van der Waals surface area contributed by atoms with Crippen molar-refractivity contribution in [3.63, 3.8) is 0 Å². The Bertz CT molecular complexity index is 1040. The van der Waals surface area contributed by atoms with Gasteiger partial charge in [0.1, 0.15) is 6.54 Å². The molecule has 2 aromatic rings. The summed E-state index contributed by atoms with van der Waals surface area (Å²) in [6.45, 7) is 1.47. The number of halogens is 1. The van der Waals surface area contributed by atoms with Crippen LogP contribution in [0, 0.1) is 6.92 Å². The van der Waals surface area contributed by atoms with Crippen molar-refractivity contribution in [1.82, 2.24) is 5.43 Å². The zero-order chi connectivity index (χ0) is 20.3. The van der Waals surface area contributed by atoms with Crippen LogP contribution in [0.5, 0.6) is 11.5 Å². The highest BCUT2D eigenvalue weighted by Gasteiger charge is 2.22. The first-order valence-corrected chi connectivity index (χ1v) is 10.4. The summed E-state index contributed by atoms with van der Waals surface area (Å²) in [7, 11) is -3.70. The molecule has 8 nitrogen and oxygen atoms in total. The van der Waals surface area contributed by atoms with E-state index in [1.165, 1.54) is 12.3 Å². The first-order chi connectivity index (χ1) is 13.2. The fourth-order valence-electron chi connectivity index (χ4n) is 2.57. The Morgan fingerprint density at radius 3 is 2.75 bits per heavy atom. The minimum absolute atomic E-state index is 0.164. The summed E-state index contributed by atoms with van der Waals surface area (Å²) in [5.41, 5.74) is 4.03. The standard InChI is InChI=1S/C18H18ClN3O5S/c1-12-3-5-14(19)8-15(12)22(28(2,24)25)10-18(23)21-20-9-13-4-6-16-17(7-13)27-11-26-16/h3-9H,10-11H2,1-2H3,(H,21,23)/b20-9-. The molecule has 1 heterocycles. The number of ether oxygens (including phenoxy) is 2. The number of sulfonamides is 1. The van der Waals surface area contributed by atoms with Crippen molar-refractivity contribution in [2.75, 3.05) is 23.9 Å². The van der Waals surface area contributed by atoms with E-state index >= 15 is 0 Å². The van der Waals surface area contributed by atoms with Crippen LogP contribution in [0.25, 0.3) is 0 Å². The maximum Gasteiger partial charge on any atom is 0.260 e. The summed E-state index contributed by atoms with van der Waals surface area (Å²) in [6.07, 6.45) is 2.45. The van der Waals surface area contributed by atoms with Crippen molar-refractivity contribution < 1.29 is 22.7 Å². The van der Waals surface area contributed by atoms with Crippen molar-refractivity contribution in [1.29, 1.82) is 0 Å². The molecule has 1 N–H and O–H groups in total. The number of nitrogens with zero attached hydrogens (tertiary/aromatic N) is 2. The Hall–Kier alpha value is -2.78. The van der Waals surface area contributed by atoms with E-state index in [4.69, 9.17) is 21.1 Å². The number of fused-ring (bicyclic) bond motifs is 1. The normalized spacial score (nSPS) is 13.0. The molecule has 0 fully saturated rings. The van der Waals surface area contributed by atoms with Gasteiger partial charge in [0, 0.05) is 5.02 Å². The average molecular weight is 424 g/mol. The van der Waals surface area contributed by atoms with Crippen LogP contribution in [0.15, 0.2) is 41.5 Å². The van der Waals surface area contributed by atoms with E-state index in [0.717, 1.165) is 10.6 Å². The molecule has 0 spiro atoms. The number of benzene rings is 2. The molecule has 148 valence electrons. The molecule has 0 aliphatic carbocycles. The number of hydrogen-bond acceptors (Lipinski definition) is 6. The highest BCUT2D eigenvalue weighted by atomic mass is 35.5. The molecule has 2 aromatic carbocycles. The molecule has 0 saturated carbocycles. The number of aryl methyl sites for hydroxylation is 1. The minimum atomic E-state index is -3.70. The predicted octanol–water partition coefficient (Wildman–Crippen LogP) is 2.29. The van der Waals surface area contributed by atoms with Crippen molar-refractivity contribution in [3.05, 3.63) is 52.5 Å². The largest absolute Gasteiger partial charge is 0.454 e. The Labute approximate surface area is 167 Å². The van der Waals surface area contributed by atoms with Gasteiger partial charge in [0.15, 0.2) is 11.5 Å². The fourth-order valence-corrected chi connectivity index (χ4v) is 3.64. The lowest BCUT2D eigenvalue weighted by atomic mass is 10.2. The smallest absolute Gasteiger partial charge is 0.260 e. The summed E-state index contributed by atoms with van der Waals surface area (Å²) in [5, 5.41) is 4.24. The number of carbonyl (C=O) groups excluding carboxylic acids is 1. The monoisotopic (exact) mass is 423 g/mol. The molecular weight excluding hydrogens is 406 g/mol. The summed E-state index contributed by atoms with van der Waals surface area (Å²) in [5.74, 6) is 0.638. The Morgan fingerprint density at radius 1 is 1.25 bits per heavy atom. The first kappa shape index (κ1) is 20.0. The second kappa shape index (κ2) is 8.07. The third-order valence-corrected chi connectivity index (χ3v) is 5.29. The van der Waals surface area contributed by atoms with Gasteiger partial charge >= 0.3 is 0 Å². The van der Waals surface area contributed by atoms with Crippen LogP contribution >= 0.6 is 11.6 Å². The molecule has 1 aliphatic heterocycles. The highest BCUT2D eigenvalue weighted by molar-refractivity contribution is 7.92. The van der Waals surface area contributed by atoms with Crippen molar-refractivity contribution in [2.45, 2.75) is 6.92 Å². The molecule has 1 aliphatic rings. The first-order valence-electron chi connectivity index (χ1n) is 8.19. The average Bonchev–Trinajstić information content (AvgIpc) is 3.09. The number of hydrazone groups is 1. The summed E-state index contributed by atoms with van der Waals surface area (Å²) in [6, 6.07) is 10.0. The van der Waals surface area contributed by atoms with Crippen LogP contribution in [-0.2, 0) is 14.8 Å². The number of carbonyl (C=O) groups is 1. The number of rotatable bonds is 6. The summed E-state index contributed by atoms with van der Waals surface area (Å²) < 4.78 is 35.8. The third-order valence-electron chi connectivity index (χ3n) is 3.93. The predicted molar refractivity (Wildman–Crippen MR) is 107 cm³/mol. The van der Waals surface area contributed by atoms with Gasteiger partial charge in [-0.3, -0.25) is 9.10 Å². The molecular formula is C18H18ClN3O5S. The molecule has 10 heteroatoms. The van der Waals surface area contributed by atoms with Crippen molar-refractivity contribution in [2.24, 2.45) is 5.10 Å². The number of hydrogen-bond donors (Lipinski definition) is 1. The Balaban J connectivity index is 1.70. The number of nitrogens with one attached hydrogen (secondary N) is 1. The van der Waals surface area contributed by atoms with E-state index in [0.29, 0.717) is 33.3 Å². The summed E-state index contributed by atoms with van der Waals surface area (Å²) in [4.78, 5) is 12.2. The molecule has 0 radical (unpaired) electrons. The van der Waals surface area contributed by atoms with E-state index < -0.39 is 22.5 Å². The van der Waals surface area contributed by atoms with E-state index in [9.17, 15) is 13.2 Å². The topological polar surface area (TPSA) is 97.3 Å². The van der Waals surface area contributed by atoms with E-state index in [1.807, 2.05) is 0 Å². The van der Waals surface area contributed by atoms with E-state index in [-0.39, 0.29) is 6.79 Å². The van der Waals surface area contributed by atoms with Crippen LogP contribution in [0.3, 0.4) is 0 Å².